The molecule has 694 valence electrons. The monoisotopic (exact) mass is 1820 g/mol. The largest absolute Gasteiger partial charge is 0.507 e. The number of aromatic nitrogens is 5. The minimum Gasteiger partial charge on any atom is -0.507 e. The van der Waals surface area contributed by atoms with Gasteiger partial charge in [0.05, 0.1) is 28.3 Å². The predicted octanol–water partition coefficient (Wildman–Crippen LogP) is 30.4. The summed E-state index contributed by atoms with van der Waals surface area (Å²) in [5.74, 6) is 2.31. The van der Waals surface area contributed by atoms with Crippen LogP contribution in [0.5, 0.6) is 34.5 Å². The summed E-state index contributed by atoms with van der Waals surface area (Å²) in [6, 6.07) is 103. The Morgan fingerprint density at radius 3 is 1.17 bits per heavy atom. The Morgan fingerprint density at radius 1 is 0.372 bits per heavy atom. The van der Waals surface area contributed by atoms with Gasteiger partial charge in [0.15, 0.2) is 23.1 Å². The zero-order valence-electron chi connectivity index (χ0n) is 80.3. The molecule has 5 heterocycles. The van der Waals surface area contributed by atoms with Gasteiger partial charge in [0.2, 0.25) is 6.79 Å². The van der Waals surface area contributed by atoms with Gasteiger partial charge in [-0.3, -0.25) is 29.6 Å². The summed E-state index contributed by atoms with van der Waals surface area (Å²) >= 11 is 0. The van der Waals surface area contributed by atoms with Gasteiger partial charge < -0.3 is 29.9 Å². The molecule has 0 atom stereocenters. The molecule has 15 heteroatoms. The van der Waals surface area contributed by atoms with Gasteiger partial charge in [-0.25, -0.2) is 8.78 Å². The maximum absolute atomic E-state index is 13.0. The van der Waals surface area contributed by atoms with Crippen LogP contribution < -0.4 is 9.47 Å². The zero-order valence-corrected chi connectivity index (χ0v) is 80.3. The van der Waals surface area contributed by atoms with E-state index >= 15 is 0 Å². The molecule has 0 unspecified atom stereocenters. The van der Waals surface area contributed by atoms with Crippen molar-refractivity contribution in [1.82, 2.24) is 25.1 Å². The molecule has 0 amide bonds. The van der Waals surface area contributed by atoms with E-state index in [0.29, 0.717) is 36.1 Å². The van der Waals surface area contributed by atoms with E-state index in [4.69, 9.17) is 9.47 Å². The smallest absolute Gasteiger partial charge is 0.231 e. The summed E-state index contributed by atoms with van der Waals surface area (Å²) in [6.07, 6.45) is 11.0. The first-order chi connectivity index (χ1) is 66.2. The number of pyridine rings is 3. The molecule has 2 aliphatic rings. The third kappa shape index (κ3) is 27.3. The number of halogens is 2. The Bertz CT molecular complexity index is 6880. The van der Waals surface area contributed by atoms with Crippen LogP contribution in [0.15, 0.2) is 340 Å². The van der Waals surface area contributed by atoms with Gasteiger partial charge in [0.1, 0.15) is 34.6 Å². The van der Waals surface area contributed by atoms with Crippen LogP contribution in [0.3, 0.4) is 0 Å². The number of rotatable bonds is 16. The highest BCUT2D eigenvalue weighted by molar-refractivity contribution is 5.99. The van der Waals surface area contributed by atoms with Crippen molar-refractivity contribution in [2.75, 3.05) is 6.79 Å². The van der Waals surface area contributed by atoms with Gasteiger partial charge in [-0.05, 0) is 352 Å². The number of aromatic amines is 1. The van der Waals surface area contributed by atoms with Crippen molar-refractivity contribution < 1.29 is 48.3 Å². The fourth-order valence-electron chi connectivity index (χ4n) is 16.6. The molecule has 0 spiro atoms. The number of carbonyl (C=O) groups is 2. The molecular formula is C122H119F2N5O8. The lowest BCUT2D eigenvalue weighted by Crippen LogP contribution is -2.13. The number of carbonyl (C=O) groups excluding carboxylic acids is 2. The number of phenolic OH excluding ortho intramolecular Hbond substituents is 4. The van der Waals surface area contributed by atoms with Crippen molar-refractivity contribution in [3.63, 3.8) is 0 Å². The number of ether oxygens (including phenoxy) is 2. The maximum atomic E-state index is 13.0. The topological polar surface area (TPSA) is 201 Å². The Morgan fingerprint density at radius 2 is 0.745 bits per heavy atom. The molecule has 1 aliphatic carbocycles. The number of aromatic hydroxyl groups is 4. The number of benzene rings is 13. The van der Waals surface area contributed by atoms with Crippen LogP contribution in [0.25, 0.3) is 101 Å². The van der Waals surface area contributed by atoms with Crippen LogP contribution in [0, 0.1) is 67.0 Å². The Labute approximate surface area is 804 Å². The summed E-state index contributed by atoms with van der Waals surface area (Å²) in [7, 11) is 0. The van der Waals surface area contributed by atoms with E-state index in [1.807, 2.05) is 201 Å². The molecule has 0 radical (unpaired) electrons. The van der Waals surface area contributed by atoms with Crippen LogP contribution in [0.4, 0.5) is 8.78 Å². The van der Waals surface area contributed by atoms with Gasteiger partial charge in [0.25, 0.3) is 0 Å². The normalized spacial score (nSPS) is 11.2. The highest BCUT2D eigenvalue weighted by Gasteiger charge is 2.22. The first-order valence-electron chi connectivity index (χ1n) is 46.4. The number of allylic oxidation sites excluding steroid dienone is 1. The molecule has 13 nitrogen and oxygen atoms in total. The molecule has 17 aromatic rings. The number of nitrogens with one attached hydrogen (secondary N) is 1. The van der Waals surface area contributed by atoms with E-state index in [1.165, 1.54) is 75.7 Å². The van der Waals surface area contributed by atoms with Crippen molar-refractivity contribution in [2.24, 2.45) is 0 Å². The third-order valence-electron chi connectivity index (χ3n) is 24.0. The summed E-state index contributed by atoms with van der Waals surface area (Å²) in [6.45, 7) is 30.0. The van der Waals surface area contributed by atoms with Crippen molar-refractivity contribution in [3.8, 4) is 135 Å². The average Bonchev–Trinajstić information content (AvgIpc) is 1.44. The van der Waals surface area contributed by atoms with E-state index in [2.05, 4.69) is 169 Å². The lowest BCUT2D eigenvalue weighted by Gasteiger charge is -2.19. The van der Waals surface area contributed by atoms with Crippen LogP contribution in [-0.2, 0) is 38.5 Å². The number of ketones is 2. The Hall–Kier alpha value is -15.7. The molecule has 0 saturated heterocycles. The molecule has 0 fully saturated rings. The second-order valence-corrected chi connectivity index (χ2v) is 33.8. The fourth-order valence-corrected chi connectivity index (χ4v) is 16.6. The highest BCUT2D eigenvalue weighted by atomic mass is 19.1. The quantitative estimate of drug-likeness (QED) is 0.0453. The first-order valence-corrected chi connectivity index (χ1v) is 46.4. The fraction of sp³-hybridized carbons (Fsp3) is 0.180. The van der Waals surface area contributed by atoms with Crippen LogP contribution >= 0.6 is 0 Å². The van der Waals surface area contributed by atoms with Gasteiger partial charge in [-0.15, -0.1) is 6.58 Å². The van der Waals surface area contributed by atoms with E-state index in [9.17, 15) is 38.8 Å². The summed E-state index contributed by atoms with van der Waals surface area (Å²) in [5, 5.41) is 45.9. The summed E-state index contributed by atoms with van der Waals surface area (Å²) in [5.41, 5.74) is 35.7. The number of phenols is 4. The maximum Gasteiger partial charge on any atom is 0.231 e. The molecular weight excluding hydrogens is 1700 g/mol. The molecule has 137 heavy (non-hydrogen) atoms. The molecule has 0 bridgehead atoms. The van der Waals surface area contributed by atoms with Crippen molar-refractivity contribution in [3.05, 3.63) is 441 Å². The molecule has 4 aromatic heterocycles. The van der Waals surface area contributed by atoms with Crippen LogP contribution in [0.1, 0.15) is 146 Å². The number of hydrogen-bond donors (Lipinski definition) is 5. The van der Waals surface area contributed by atoms with E-state index in [1.54, 1.807) is 54.7 Å². The average molecular weight is 1820 g/mol. The van der Waals surface area contributed by atoms with E-state index in [0.717, 1.165) is 196 Å². The zero-order chi connectivity index (χ0) is 97.6. The van der Waals surface area contributed by atoms with Gasteiger partial charge in [-0.2, -0.15) is 5.10 Å². The van der Waals surface area contributed by atoms with E-state index < -0.39 is 0 Å². The SMILES string of the molecule is C=CCc1c(C)ccc2c1CCCC2=O.CCc1cc(-c2ccc(F)cc2)c(O)cc1C.CCc1cc(-c2ccccc2)c(O)cc1C.CCc1cc(-c2ccn[nH]2)c(O)cc1C.CCc1cc(C(C)=O)c(O)cc1C.Cc1cc(-c2ccc3c(c2)OCO3)cc(-c2ccccc2)n1.Cc1cc(-c2ccccc2)cc(-c2ccc(F)cc2)n1.Cc1cc(-c2ccccc2)cc(-c2ccccc2)n1. The van der Waals surface area contributed by atoms with Crippen molar-refractivity contribution in [2.45, 2.75) is 141 Å². The lowest BCUT2D eigenvalue weighted by molar-refractivity contribution is 0.0970. The molecule has 5 N–H and O–H groups in total. The van der Waals surface area contributed by atoms with Gasteiger partial charge in [-0.1, -0.05) is 216 Å². The second kappa shape index (κ2) is 48.8. The second-order valence-electron chi connectivity index (χ2n) is 33.8. The van der Waals surface area contributed by atoms with Crippen LogP contribution in [-0.4, -0.2) is 63.9 Å². The number of hydrogen-bond acceptors (Lipinski definition) is 12. The molecule has 0 saturated carbocycles. The highest BCUT2D eigenvalue weighted by Crippen LogP contribution is 2.40. The van der Waals surface area contributed by atoms with Crippen molar-refractivity contribution in [1.29, 1.82) is 0 Å². The predicted molar refractivity (Wildman–Crippen MR) is 555 cm³/mol. The molecule has 19 rings (SSSR count). The summed E-state index contributed by atoms with van der Waals surface area (Å²) in [4.78, 5) is 36.6. The van der Waals surface area contributed by atoms with E-state index in [-0.39, 0.29) is 28.9 Å². The van der Waals surface area contributed by atoms with Gasteiger partial charge in [0, 0.05) is 68.6 Å². The minimum absolute atomic E-state index is 0.0854. The Balaban J connectivity index is 0.000000141. The number of Topliss-reactive ketones (excluding diaryl/α,β-unsaturated/α-hetero) is 2. The van der Waals surface area contributed by atoms with Crippen molar-refractivity contribution >= 4 is 11.6 Å². The van der Waals surface area contributed by atoms with Crippen LogP contribution in [0.2, 0.25) is 0 Å². The number of nitrogens with zero attached hydrogens (tertiary/aromatic N) is 4. The Kier molecular flexibility index (Phi) is 35.7. The lowest BCUT2D eigenvalue weighted by atomic mass is 9.84. The first kappa shape index (κ1) is 100. The third-order valence-corrected chi connectivity index (χ3v) is 24.0. The molecule has 13 aromatic carbocycles. The number of fused-ring (bicyclic) bond motifs is 2. The summed E-state index contributed by atoms with van der Waals surface area (Å²) < 4.78 is 36.7. The number of aryl methyl sites for hydroxylation is 12. The standard InChI is InChI=1S/C19H15NO2.C18H14FN.C18H15N.C15H15FO.C15H16O.C14H16O.C12H14N2O.C11H14O2/c1-13-9-16(10-17(20-13)14-5-3-2-4-6-14)15-7-8-18-19(11-15)22-12-21-18;1-13-11-16(14-5-3-2-4-6-14)12-18(20-13)15-7-9-17(19)10-8-15;1-14-12-17(15-8-4-2-5-9-15)13-18(19-14)16-10-6-3-7-11-16;1-3-11-9-14(15(17)8-10(11)2)12-4-6-13(16)7-5-12;1-3-12-10-14(15(16)9-11(12)2)13-7-5-4-6-8-13;1-3-5-11-10(2)8-9-13-12(11)6-4-7-14(13)15;1-3-9-7-10(11-4-5-13-14-11)12(15)6-8(9)2;1-4-9-6-10(8(3)12)11(13)5-7(9)2/h2-11H,12H2,1H3;2-12H,1H3;2-13H,1H3;4-9,17H,3H2,1-2H3;4-10,16H,3H2,1-2H3;3,8-9H,1,4-7H2,2H3;4-7,15H,3H2,1-2H3,(H,13,14);5-6,13H,4H2,1-3H3. The number of H-pyrrole nitrogens is 1. The molecule has 1 aliphatic heterocycles. The minimum atomic E-state index is -0.268. The van der Waals surface area contributed by atoms with Gasteiger partial charge >= 0.3 is 0 Å².